The topological polar surface area (TPSA) is 59.0 Å². The van der Waals surface area contributed by atoms with E-state index in [1.165, 1.54) is 7.11 Å². The number of rotatable bonds is 0. The maximum Gasteiger partial charge on any atom is 0.409 e. The molecular weight excluding hydrogens is 186 g/mol. The molecule has 0 saturated carbocycles. The molecule has 2 fully saturated rings. The van der Waals surface area contributed by atoms with Gasteiger partial charge in [-0.2, -0.15) is 0 Å². The summed E-state index contributed by atoms with van der Waals surface area (Å²) < 4.78 is 10.1. The highest BCUT2D eigenvalue weighted by atomic mass is 16.5. The van der Waals surface area contributed by atoms with Gasteiger partial charge < -0.3 is 14.6 Å². The van der Waals surface area contributed by atoms with Crippen LogP contribution in [0.25, 0.3) is 0 Å². The first-order valence-electron chi connectivity index (χ1n) is 4.79. The predicted molar refractivity (Wildman–Crippen MR) is 47.8 cm³/mol. The van der Waals surface area contributed by atoms with Crippen LogP contribution in [0.3, 0.4) is 0 Å². The number of carbonyl (C=O) groups is 1. The lowest BCUT2D eigenvalue weighted by atomic mass is 10.0. The van der Waals surface area contributed by atoms with Crippen LogP contribution in [0, 0.1) is 5.92 Å². The van der Waals surface area contributed by atoms with E-state index in [4.69, 9.17) is 4.74 Å². The Hall–Kier alpha value is -0.810. The number of fused-ring (bicyclic) bond motifs is 1. The third-order valence-electron chi connectivity index (χ3n) is 3.00. The Labute approximate surface area is 82.6 Å². The number of methoxy groups -OCH3 is 1. The second kappa shape index (κ2) is 3.40. The van der Waals surface area contributed by atoms with Crippen molar-refractivity contribution in [1.29, 1.82) is 0 Å². The minimum atomic E-state index is -0.580. The molecule has 0 spiro atoms. The fourth-order valence-corrected chi connectivity index (χ4v) is 2.36. The number of aliphatic hydroxyl groups excluding tert-OH is 1. The molecule has 0 aromatic heterocycles. The second-order valence-electron chi connectivity index (χ2n) is 3.96. The van der Waals surface area contributed by atoms with E-state index in [0.717, 1.165) is 0 Å². The molecular formula is C9H15NO4. The number of carbonyl (C=O) groups excluding carboxylic acids is 1. The Morgan fingerprint density at radius 1 is 1.64 bits per heavy atom. The van der Waals surface area contributed by atoms with Crippen molar-refractivity contribution in [3.63, 3.8) is 0 Å². The van der Waals surface area contributed by atoms with E-state index in [2.05, 4.69) is 4.74 Å². The molecule has 1 N–H and O–H groups in total. The molecule has 5 heteroatoms. The number of ether oxygens (including phenoxy) is 2. The fraction of sp³-hybridized carbons (Fsp3) is 0.889. The van der Waals surface area contributed by atoms with E-state index in [-0.39, 0.29) is 24.2 Å². The standard InChI is InChI=1S/C9H15NO4/c1-5-3-10(9(12)13-2)7-6(11)4-14-8(5)7/h5-8,11H,3-4H2,1-2H3. The van der Waals surface area contributed by atoms with Crippen molar-refractivity contribution in [2.45, 2.75) is 25.2 Å². The normalized spacial score (nSPS) is 41.2. The van der Waals surface area contributed by atoms with Crippen molar-refractivity contribution < 1.29 is 19.4 Å². The molecule has 2 saturated heterocycles. The van der Waals surface area contributed by atoms with E-state index < -0.39 is 6.10 Å². The second-order valence-corrected chi connectivity index (χ2v) is 3.96. The van der Waals surface area contributed by atoms with E-state index in [9.17, 15) is 9.90 Å². The lowest BCUT2D eigenvalue weighted by molar-refractivity contribution is 0.0628. The van der Waals surface area contributed by atoms with Crippen LogP contribution in [0.5, 0.6) is 0 Å². The summed E-state index contributed by atoms with van der Waals surface area (Å²) in [7, 11) is 1.35. The molecule has 0 radical (unpaired) electrons. The number of nitrogens with zero attached hydrogens (tertiary/aromatic N) is 1. The molecule has 80 valence electrons. The molecule has 0 aromatic rings. The van der Waals surface area contributed by atoms with Gasteiger partial charge in [-0.3, -0.25) is 4.90 Å². The number of aliphatic hydroxyl groups is 1. The summed E-state index contributed by atoms with van der Waals surface area (Å²) in [5, 5.41) is 9.66. The summed E-state index contributed by atoms with van der Waals surface area (Å²) >= 11 is 0. The number of likely N-dealkylation sites (tertiary alicyclic amines) is 1. The molecule has 4 atom stereocenters. The van der Waals surface area contributed by atoms with Crippen LogP contribution in [0.2, 0.25) is 0 Å². The van der Waals surface area contributed by atoms with Crippen LogP contribution in [0.1, 0.15) is 6.92 Å². The Kier molecular flexibility index (Phi) is 2.36. The first-order valence-corrected chi connectivity index (χ1v) is 4.79. The van der Waals surface area contributed by atoms with Crippen molar-refractivity contribution >= 4 is 6.09 Å². The highest BCUT2D eigenvalue weighted by Gasteiger charge is 2.50. The zero-order chi connectivity index (χ0) is 10.3. The van der Waals surface area contributed by atoms with Crippen LogP contribution < -0.4 is 0 Å². The highest BCUT2D eigenvalue weighted by molar-refractivity contribution is 5.68. The van der Waals surface area contributed by atoms with Crippen LogP contribution in [-0.2, 0) is 9.47 Å². The molecule has 4 unspecified atom stereocenters. The van der Waals surface area contributed by atoms with Gasteiger partial charge in [0.1, 0.15) is 6.10 Å². The number of hydrogen-bond donors (Lipinski definition) is 1. The zero-order valence-corrected chi connectivity index (χ0v) is 8.34. The third kappa shape index (κ3) is 1.27. The van der Waals surface area contributed by atoms with Crippen molar-refractivity contribution in [3.05, 3.63) is 0 Å². The van der Waals surface area contributed by atoms with Gasteiger partial charge in [-0.15, -0.1) is 0 Å². The summed E-state index contributed by atoms with van der Waals surface area (Å²) in [6.45, 7) is 2.92. The summed E-state index contributed by atoms with van der Waals surface area (Å²) in [4.78, 5) is 12.9. The minimum absolute atomic E-state index is 0.0379. The third-order valence-corrected chi connectivity index (χ3v) is 3.00. The maximum atomic E-state index is 11.4. The smallest absolute Gasteiger partial charge is 0.409 e. The molecule has 2 aliphatic rings. The van der Waals surface area contributed by atoms with Gasteiger partial charge in [0.2, 0.25) is 0 Å². The van der Waals surface area contributed by atoms with Crippen molar-refractivity contribution in [2.75, 3.05) is 20.3 Å². The van der Waals surface area contributed by atoms with Crippen LogP contribution in [-0.4, -0.2) is 54.6 Å². The number of amides is 1. The predicted octanol–water partition coefficient (Wildman–Crippen LogP) is -0.167. The average Bonchev–Trinajstić information content (AvgIpc) is 2.69. The lowest BCUT2D eigenvalue weighted by Crippen LogP contribution is -2.43. The van der Waals surface area contributed by atoms with Crippen LogP contribution in [0.15, 0.2) is 0 Å². The van der Waals surface area contributed by atoms with Crippen molar-refractivity contribution in [2.24, 2.45) is 5.92 Å². The van der Waals surface area contributed by atoms with E-state index >= 15 is 0 Å². The first-order chi connectivity index (χ1) is 6.65. The average molecular weight is 201 g/mol. The molecule has 14 heavy (non-hydrogen) atoms. The molecule has 0 aromatic carbocycles. The van der Waals surface area contributed by atoms with Crippen LogP contribution in [0.4, 0.5) is 4.79 Å². The Bertz CT molecular complexity index is 245. The van der Waals surface area contributed by atoms with Gasteiger partial charge in [-0.25, -0.2) is 4.79 Å². The zero-order valence-electron chi connectivity index (χ0n) is 8.34. The quantitative estimate of drug-likeness (QED) is 0.591. The Balaban J connectivity index is 2.16. The van der Waals surface area contributed by atoms with Gasteiger partial charge >= 0.3 is 6.09 Å². The molecule has 0 aliphatic carbocycles. The monoisotopic (exact) mass is 201 g/mol. The van der Waals surface area contributed by atoms with Gasteiger partial charge in [0.05, 0.1) is 25.9 Å². The summed E-state index contributed by atoms with van der Waals surface area (Å²) in [5.41, 5.74) is 0. The molecule has 2 aliphatic heterocycles. The van der Waals surface area contributed by atoms with Crippen molar-refractivity contribution in [1.82, 2.24) is 4.90 Å². The first kappa shape index (κ1) is 9.73. The van der Waals surface area contributed by atoms with Gasteiger partial charge in [0.15, 0.2) is 0 Å². The number of hydrogen-bond acceptors (Lipinski definition) is 4. The molecule has 1 amide bonds. The summed E-state index contributed by atoms with van der Waals surface area (Å²) in [6, 6.07) is -0.225. The Morgan fingerprint density at radius 2 is 2.36 bits per heavy atom. The van der Waals surface area contributed by atoms with Crippen molar-refractivity contribution in [3.8, 4) is 0 Å². The highest BCUT2D eigenvalue weighted by Crippen LogP contribution is 2.33. The van der Waals surface area contributed by atoms with Gasteiger partial charge in [0.25, 0.3) is 0 Å². The maximum absolute atomic E-state index is 11.4. The Morgan fingerprint density at radius 3 is 3.00 bits per heavy atom. The lowest BCUT2D eigenvalue weighted by Gasteiger charge is -2.23. The van der Waals surface area contributed by atoms with E-state index in [0.29, 0.717) is 13.2 Å². The van der Waals surface area contributed by atoms with Crippen LogP contribution >= 0.6 is 0 Å². The van der Waals surface area contributed by atoms with Gasteiger partial charge in [0, 0.05) is 12.5 Å². The fourth-order valence-electron chi connectivity index (χ4n) is 2.36. The van der Waals surface area contributed by atoms with Gasteiger partial charge in [-0.05, 0) is 0 Å². The SMILES string of the molecule is COC(=O)N1CC(C)C2OCC(O)C21. The molecule has 5 nitrogen and oxygen atoms in total. The van der Waals surface area contributed by atoms with E-state index in [1.807, 2.05) is 6.92 Å². The summed E-state index contributed by atoms with van der Waals surface area (Å²) in [6.07, 6.45) is -0.998. The summed E-state index contributed by atoms with van der Waals surface area (Å²) in [5.74, 6) is 0.260. The molecule has 2 rings (SSSR count). The molecule has 0 bridgehead atoms. The minimum Gasteiger partial charge on any atom is -0.453 e. The van der Waals surface area contributed by atoms with E-state index in [1.54, 1.807) is 4.90 Å². The van der Waals surface area contributed by atoms with Gasteiger partial charge in [-0.1, -0.05) is 6.92 Å². The molecule has 2 heterocycles. The largest absolute Gasteiger partial charge is 0.453 e.